The van der Waals surface area contributed by atoms with E-state index in [-0.39, 0.29) is 6.61 Å². The molecule has 2 N–H and O–H groups in total. The Hall–Kier alpha value is -2.26. The fourth-order valence-electron chi connectivity index (χ4n) is 1.86. The largest absolute Gasteiger partial charge is 0.449 e. The number of aliphatic hydroxyl groups is 1. The van der Waals surface area contributed by atoms with Crippen LogP contribution in [0.25, 0.3) is 0 Å². The second kappa shape index (κ2) is 5.59. The zero-order chi connectivity index (χ0) is 13.8. The Labute approximate surface area is 111 Å². The minimum atomic E-state index is 0.0363. The molecule has 0 amide bonds. The summed E-state index contributed by atoms with van der Waals surface area (Å²) in [5.41, 5.74) is 1.97. The molecule has 0 saturated carbocycles. The number of nitrogens with one attached hydrogen (secondary N) is 1. The lowest BCUT2D eigenvalue weighted by Crippen LogP contribution is -2.10. The molecule has 0 bridgehead atoms. The van der Waals surface area contributed by atoms with Gasteiger partial charge in [-0.2, -0.15) is 10.4 Å². The maximum absolute atomic E-state index is 9.02. The first-order valence-electron chi connectivity index (χ1n) is 6.03. The van der Waals surface area contributed by atoms with Gasteiger partial charge in [0.25, 0.3) is 0 Å². The number of anilines is 1. The van der Waals surface area contributed by atoms with Gasteiger partial charge in [-0.05, 0) is 26.0 Å². The van der Waals surface area contributed by atoms with Gasteiger partial charge in [0.1, 0.15) is 17.6 Å². The molecule has 0 atom stereocenters. The van der Waals surface area contributed by atoms with Gasteiger partial charge in [-0.3, -0.25) is 0 Å². The second-order valence-corrected chi connectivity index (χ2v) is 4.24. The minimum Gasteiger partial charge on any atom is -0.449 e. The van der Waals surface area contributed by atoms with Crippen molar-refractivity contribution >= 4 is 5.82 Å². The van der Waals surface area contributed by atoms with Gasteiger partial charge in [-0.1, -0.05) is 0 Å². The fourth-order valence-corrected chi connectivity index (χ4v) is 1.86. The van der Waals surface area contributed by atoms with E-state index in [1.807, 2.05) is 19.9 Å². The molecule has 2 aromatic heterocycles. The van der Waals surface area contributed by atoms with Gasteiger partial charge in [-0.15, -0.1) is 0 Å². The first-order chi connectivity index (χ1) is 9.15. The summed E-state index contributed by atoms with van der Waals surface area (Å²) < 4.78 is 7.03. The zero-order valence-corrected chi connectivity index (χ0v) is 11.0. The molecule has 0 aliphatic rings. The van der Waals surface area contributed by atoms with Crippen molar-refractivity contribution in [1.29, 1.82) is 5.26 Å². The molecule has 2 heterocycles. The maximum atomic E-state index is 9.02. The van der Waals surface area contributed by atoms with Crippen LogP contribution in [0.2, 0.25) is 0 Å². The first-order valence-corrected chi connectivity index (χ1v) is 6.03. The molecular formula is C13H16N4O2. The highest BCUT2D eigenvalue weighted by Gasteiger charge is 2.11. The molecule has 19 heavy (non-hydrogen) atoms. The lowest BCUT2D eigenvalue weighted by molar-refractivity contribution is 0.270. The van der Waals surface area contributed by atoms with E-state index in [0.717, 1.165) is 17.1 Å². The summed E-state index contributed by atoms with van der Waals surface area (Å²) in [7, 11) is 0. The highest BCUT2D eigenvalue weighted by atomic mass is 16.3. The number of hydrogen-bond acceptors (Lipinski definition) is 5. The van der Waals surface area contributed by atoms with Crippen molar-refractivity contribution in [2.75, 3.05) is 11.9 Å². The molecule has 0 aromatic carbocycles. The molecule has 0 saturated heterocycles. The Balaban J connectivity index is 2.12. The summed E-state index contributed by atoms with van der Waals surface area (Å²) in [4.78, 5) is 0. The first kappa shape index (κ1) is 13.2. The third-order valence-electron chi connectivity index (χ3n) is 2.94. The zero-order valence-electron chi connectivity index (χ0n) is 11.0. The molecule has 6 nitrogen and oxygen atoms in total. The quantitative estimate of drug-likeness (QED) is 0.852. The van der Waals surface area contributed by atoms with Crippen LogP contribution >= 0.6 is 0 Å². The molecule has 2 aromatic rings. The van der Waals surface area contributed by atoms with Crippen LogP contribution in [0.15, 0.2) is 16.5 Å². The fraction of sp³-hybridized carbons (Fsp3) is 0.385. The summed E-state index contributed by atoms with van der Waals surface area (Å²) in [5, 5.41) is 25.3. The van der Waals surface area contributed by atoms with Gasteiger partial charge in [0, 0.05) is 5.56 Å². The van der Waals surface area contributed by atoms with Crippen molar-refractivity contribution in [1.82, 2.24) is 9.78 Å². The van der Waals surface area contributed by atoms with Crippen LogP contribution in [0.4, 0.5) is 5.82 Å². The van der Waals surface area contributed by atoms with Crippen molar-refractivity contribution in [3.8, 4) is 6.07 Å². The highest BCUT2D eigenvalue weighted by Crippen LogP contribution is 2.19. The normalized spacial score (nSPS) is 10.4. The van der Waals surface area contributed by atoms with Crippen LogP contribution in [0, 0.1) is 25.2 Å². The molecule has 0 aliphatic carbocycles. The van der Waals surface area contributed by atoms with Crippen LogP contribution in [-0.4, -0.2) is 21.5 Å². The minimum absolute atomic E-state index is 0.0363. The average molecular weight is 260 g/mol. The van der Waals surface area contributed by atoms with Gasteiger partial charge in [0.15, 0.2) is 0 Å². The van der Waals surface area contributed by atoms with Gasteiger partial charge in [-0.25, -0.2) is 4.68 Å². The smallest absolute Gasteiger partial charge is 0.203 e. The topological polar surface area (TPSA) is 87.0 Å². The Morgan fingerprint density at radius 3 is 2.89 bits per heavy atom. The molecular weight excluding hydrogens is 244 g/mol. The molecule has 0 spiro atoms. The van der Waals surface area contributed by atoms with E-state index in [9.17, 15) is 0 Å². The van der Waals surface area contributed by atoms with E-state index >= 15 is 0 Å². The number of nitriles is 1. The second-order valence-electron chi connectivity index (χ2n) is 4.24. The molecule has 6 heteroatoms. The summed E-state index contributed by atoms with van der Waals surface area (Å²) in [5.74, 6) is 1.85. The number of aliphatic hydroxyl groups excluding tert-OH is 1. The van der Waals surface area contributed by atoms with E-state index in [4.69, 9.17) is 14.8 Å². The predicted octanol–water partition coefficient (Wildman–Crippen LogP) is 1.57. The van der Waals surface area contributed by atoms with Crippen molar-refractivity contribution in [2.45, 2.75) is 26.9 Å². The van der Waals surface area contributed by atoms with Crippen LogP contribution in [0.3, 0.4) is 0 Å². The van der Waals surface area contributed by atoms with Crippen LogP contribution in [0.1, 0.15) is 22.8 Å². The summed E-state index contributed by atoms with van der Waals surface area (Å²) in [6.07, 6.45) is 0. The number of aromatic nitrogens is 2. The number of nitrogens with zero attached hydrogens (tertiary/aromatic N) is 3. The van der Waals surface area contributed by atoms with Gasteiger partial charge < -0.3 is 14.8 Å². The Kier molecular flexibility index (Phi) is 3.88. The standard InChI is InChI=1S/C13H16N4O2/c1-9-10(2)16-17(5-6-18)13(9)15-8-12-4-3-11(7-14)19-12/h3-4,15,18H,5-6,8H2,1-2H3. The van der Waals surface area contributed by atoms with E-state index in [1.54, 1.807) is 16.8 Å². The number of aryl methyl sites for hydroxylation is 1. The Morgan fingerprint density at radius 2 is 2.26 bits per heavy atom. The number of rotatable bonds is 5. The Bertz CT molecular complexity index is 607. The molecule has 0 radical (unpaired) electrons. The number of furan rings is 1. The SMILES string of the molecule is Cc1nn(CCO)c(NCc2ccc(C#N)o2)c1C. The molecule has 100 valence electrons. The molecule has 2 rings (SSSR count). The van der Waals surface area contributed by atoms with E-state index in [0.29, 0.717) is 24.6 Å². The average Bonchev–Trinajstić information content (AvgIpc) is 2.95. The monoisotopic (exact) mass is 260 g/mol. The maximum Gasteiger partial charge on any atom is 0.203 e. The molecule has 0 aliphatic heterocycles. The summed E-state index contributed by atoms with van der Waals surface area (Å²) >= 11 is 0. The predicted molar refractivity (Wildman–Crippen MR) is 69.5 cm³/mol. The third-order valence-corrected chi connectivity index (χ3v) is 2.94. The van der Waals surface area contributed by atoms with E-state index in [2.05, 4.69) is 10.4 Å². The van der Waals surface area contributed by atoms with Crippen molar-refractivity contribution in [2.24, 2.45) is 0 Å². The molecule has 0 unspecified atom stereocenters. The molecule has 0 fully saturated rings. The summed E-state index contributed by atoms with van der Waals surface area (Å²) in [6.45, 7) is 4.85. The van der Waals surface area contributed by atoms with Crippen LogP contribution < -0.4 is 5.32 Å². The van der Waals surface area contributed by atoms with Crippen LogP contribution in [-0.2, 0) is 13.1 Å². The van der Waals surface area contributed by atoms with Gasteiger partial charge in [0.05, 0.1) is 25.4 Å². The lowest BCUT2D eigenvalue weighted by atomic mass is 10.3. The van der Waals surface area contributed by atoms with Gasteiger partial charge >= 0.3 is 0 Å². The van der Waals surface area contributed by atoms with Crippen LogP contribution in [0.5, 0.6) is 0 Å². The van der Waals surface area contributed by atoms with E-state index in [1.165, 1.54) is 0 Å². The van der Waals surface area contributed by atoms with Crippen molar-refractivity contribution in [3.63, 3.8) is 0 Å². The van der Waals surface area contributed by atoms with E-state index < -0.39 is 0 Å². The Morgan fingerprint density at radius 1 is 1.47 bits per heavy atom. The van der Waals surface area contributed by atoms with Gasteiger partial charge in [0.2, 0.25) is 5.76 Å². The van der Waals surface area contributed by atoms with Crippen molar-refractivity contribution in [3.05, 3.63) is 34.9 Å². The number of hydrogen-bond donors (Lipinski definition) is 2. The lowest BCUT2D eigenvalue weighted by Gasteiger charge is -2.08. The summed E-state index contributed by atoms with van der Waals surface area (Å²) in [6, 6.07) is 5.35. The highest BCUT2D eigenvalue weighted by molar-refractivity contribution is 5.46. The third kappa shape index (κ3) is 2.77. The van der Waals surface area contributed by atoms with Crippen molar-refractivity contribution < 1.29 is 9.52 Å².